The van der Waals surface area contributed by atoms with E-state index in [0.29, 0.717) is 0 Å². The highest BCUT2D eigenvalue weighted by Crippen LogP contribution is 2.26. The van der Waals surface area contributed by atoms with E-state index in [0.717, 1.165) is 26.7 Å². The Hall–Kier alpha value is -2.00. The molecule has 0 saturated carbocycles. The Morgan fingerprint density at radius 3 is 2.65 bits per heavy atom. The van der Waals surface area contributed by atoms with Gasteiger partial charge in [0.2, 0.25) is 0 Å². The maximum absolute atomic E-state index is 5.25. The van der Waals surface area contributed by atoms with Crippen LogP contribution in [0, 0.1) is 0 Å². The molecule has 0 atom stereocenters. The summed E-state index contributed by atoms with van der Waals surface area (Å²) >= 11 is 3.64. The zero-order chi connectivity index (χ0) is 13.9. The molecule has 3 rings (SSSR count). The van der Waals surface area contributed by atoms with Crippen molar-refractivity contribution in [2.75, 3.05) is 7.11 Å². The molecule has 0 N–H and O–H groups in total. The average Bonchev–Trinajstić information content (AvgIpc) is 2.90. The predicted octanol–water partition coefficient (Wildman–Crippen LogP) is 5.00. The minimum absolute atomic E-state index is 0.876. The molecule has 2 aromatic carbocycles. The summed E-state index contributed by atoms with van der Waals surface area (Å²) in [5.41, 5.74) is 2.31. The quantitative estimate of drug-likeness (QED) is 0.660. The number of aromatic nitrogens is 1. The second-order valence-electron chi connectivity index (χ2n) is 4.49. The van der Waals surface area contributed by atoms with E-state index in [1.54, 1.807) is 7.11 Å². The Morgan fingerprint density at radius 1 is 1.10 bits per heavy atom. The number of hydrogen-bond donors (Lipinski definition) is 0. The van der Waals surface area contributed by atoms with Crippen LogP contribution in [-0.2, 0) is 0 Å². The second-order valence-corrected chi connectivity index (χ2v) is 5.35. The van der Waals surface area contributed by atoms with Crippen molar-refractivity contribution in [3.63, 3.8) is 0 Å². The number of halogens is 1. The fourth-order valence-electron chi connectivity index (χ4n) is 2.18. The Morgan fingerprint density at radius 2 is 1.90 bits per heavy atom. The van der Waals surface area contributed by atoms with E-state index in [1.807, 2.05) is 36.5 Å². The molecule has 0 fully saturated rings. The Balaban J connectivity index is 2.03. The molecule has 20 heavy (non-hydrogen) atoms. The SMILES string of the molecule is COc1ccc2c(ccn2/C=C(\Br)c2ccccc2)c1. The smallest absolute Gasteiger partial charge is 0.119 e. The summed E-state index contributed by atoms with van der Waals surface area (Å²) in [6.45, 7) is 0. The number of nitrogens with zero attached hydrogens (tertiary/aromatic N) is 1. The molecule has 3 aromatic rings. The number of rotatable bonds is 3. The molecule has 0 spiro atoms. The van der Waals surface area contributed by atoms with Crippen LogP contribution < -0.4 is 4.74 Å². The Bertz CT molecular complexity index is 759. The summed E-state index contributed by atoms with van der Waals surface area (Å²) in [7, 11) is 1.68. The maximum atomic E-state index is 5.25. The van der Waals surface area contributed by atoms with Crippen LogP contribution in [0.5, 0.6) is 5.75 Å². The lowest BCUT2D eigenvalue weighted by molar-refractivity contribution is 0.415. The number of hydrogen-bond acceptors (Lipinski definition) is 1. The third-order valence-electron chi connectivity index (χ3n) is 3.23. The summed E-state index contributed by atoms with van der Waals surface area (Å²) in [6.07, 6.45) is 4.12. The molecular formula is C17H14BrNO. The van der Waals surface area contributed by atoms with Crippen LogP contribution in [0.1, 0.15) is 5.56 Å². The zero-order valence-corrected chi connectivity index (χ0v) is 12.7. The van der Waals surface area contributed by atoms with E-state index in [-0.39, 0.29) is 0 Å². The largest absolute Gasteiger partial charge is 0.497 e. The van der Waals surface area contributed by atoms with Crippen molar-refractivity contribution >= 4 is 37.5 Å². The summed E-state index contributed by atoms with van der Waals surface area (Å²) in [5.74, 6) is 0.876. The Labute approximate surface area is 126 Å². The van der Waals surface area contributed by atoms with Gasteiger partial charge in [0.25, 0.3) is 0 Å². The highest BCUT2D eigenvalue weighted by atomic mass is 79.9. The van der Waals surface area contributed by atoms with Crippen LogP contribution >= 0.6 is 15.9 Å². The van der Waals surface area contributed by atoms with E-state index >= 15 is 0 Å². The van der Waals surface area contributed by atoms with Gasteiger partial charge in [0, 0.05) is 22.3 Å². The van der Waals surface area contributed by atoms with E-state index in [1.165, 1.54) is 0 Å². The van der Waals surface area contributed by atoms with Gasteiger partial charge in [0.1, 0.15) is 5.75 Å². The number of ether oxygens (including phenoxy) is 1. The van der Waals surface area contributed by atoms with Crippen LogP contribution in [0.25, 0.3) is 21.6 Å². The lowest BCUT2D eigenvalue weighted by Gasteiger charge is -2.03. The molecule has 3 heteroatoms. The highest BCUT2D eigenvalue weighted by molar-refractivity contribution is 9.15. The Kier molecular flexibility index (Phi) is 3.61. The van der Waals surface area contributed by atoms with Crippen molar-refractivity contribution in [3.05, 3.63) is 66.4 Å². The van der Waals surface area contributed by atoms with Gasteiger partial charge in [-0.25, -0.2) is 0 Å². The van der Waals surface area contributed by atoms with Crippen molar-refractivity contribution in [1.29, 1.82) is 0 Å². The second kappa shape index (κ2) is 5.55. The lowest BCUT2D eigenvalue weighted by atomic mass is 10.2. The van der Waals surface area contributed by atoms with Gasteiger partial charge in [0.15, 0.2) is 0 Å². The van der Waals surface area contributed by atoms with Crippen LogP contribution in [0.4, 0.5) is 0 Å². The van der Waals surface area contributed by atoms with E-state index in [2.05, 4.69) is 51.0 Å². The highest BCUT2D eigenvalue weighted by Gasteiger charge is 2.02. The van der Waals surface area contributed by atoms with Crippen LogP contribution in [0.2, 0.25) is 0 Å². The first-order valence-electron chi connectivity index (χ1n) is 6.35. The molecule has 0 amide bonds. The molecule has 0 saturated heterocycles. The van der Waals surface area contributed by atoms with E-state index in [4.69, 9.17) is 4.74 Å². The zero-order valence-electron chi connectivity index (χ0n) is 11.1. The lowest BCUT2D eigenvalue weighted by Crippen LogP contribution is -1.86. The van der Waals surface area contributed by atoms with Gasteiger partial charge in [-0.15, -0.1) is 0 Å². The summed E-state index contributed by atoms with van der Waals surface area (Å²) in [6, 6.07) is 18.4. The number of methoxy groups -OCH3 is 1. The van der Waals surface area contributed by atoms with Crippen molar-refractivity contribution in [1.82, 2.24) is 4.57 Å². The summed E-state index contributed by atoms with van der Waals surface area (Å²) in [5, 5.41) is 1.16. The van der Waals surface area contributed by atoms with Gasteiger partial charge in [-0.2, -0.15) is 0 Å². The van der Waals surface area contributed by atoms with Crippen LogP contribution in [0.15, 0.2) is 60.8 Å². The fourth-order valence-corrected chi connectivity index (χ4v) is 2.66. The van der Waals surface area contributed by atoms with Gasteiger partial charge in [-0.05, 0) is 45.8 Å². The van der Waals surface area contributed by atoms with Gasteiger partial charge in [-0.1, -0.05) is 30.3 Å². The maximum Gasteiger partial charge on any atom is 0.119 e. The predicted molar refractivity (Wildman–Crippen MR) is 88.0 cm³/mol. The molecule has 0 bridgehead atoms. The third kappa shape index (κ3) is 2.49. The molecule has 0 radical (unpaired) electrons. The molecule has 0 aliphatic carbocycles. The summed E-state index contributed by atoms with van der Waals surface area (Å²) in [4.78, 5) is 0. The van der Waals surface area contributed by atoms with Gasteiger partial charge < -0.3 is 9.30 Å². The van der Waals surface area contributed by atoms with Crippen molar-refractivity contribution < 1.29 is 4.74 Å². The van der Waals surface area contributed by atoms with Crippen molar-refractivity contribution in [2.24, 2.45) is 0 Å². The third-order valence-corrected chi connectivity index (χ3v) is 3.89. The van der Waals surface area contributed by atoms with Crippen molar-refractivity contribution in [2.45, 2.75) is 0 Å². The number of fused-ring (bicyclic) bond motifs is 1. The topological polar surface area (TPSA) is 14.2 Å². The molecule has 0 unspecified atom stereocenters. The molecule has 0 aliphatic rings. The first-order valence-corrected chi connectivity index (χ1v) is 7.14. The van der Waals surface area contributed by atoms with Gasteiger partial charge in [-0.3, -0.25) is 0 Å². The number of benzene rings is 2. The molecule has 0 aliphatic heterocycles. The van der Waals surface area contributed by atoms with Gasteiger partial charge >= 0.3 is 0 Å². The molecule has 2 nitrogen and oxygen atoms in total. The summed E-state index contributed by atoms with van der Waals surface area (Å²) < 4.78 is 8.40. The van der Waals surface area contributed by atoms with E-state index < -0.39 is 0 Å². The first-order chi connectivity index (χ1) is 9.78. The van der Waals surface area contributed by atoms with Crippen LogP contribution in [-0.4, -0.2) is 11.7 Å². The monoisotopic (exact) mass is 327 g/mol. The van der Waals surface area contributed by atoms with Crippen LogP contribution in [0.3, 0.4) is 0 Å². The molecule has 1 aromatic heterocycles. The first kappa shape index (κ1) is 13.0. The molecule has 100 valence electrons. The minimum atomic E-state index is 0.876. The fraction of sp³-hybridized carbons (Fsp3) is 0.0588. The van der Waals surface area contributed by atoms with Crippen molar-refractivity contribution in [3.8, 4) is 5.75 Å². The van der Waals surface area contributed by atoms with E-state index in [9.17, 15) is 0 Å². The van der Waals surface area contributed by atoms with Gasteiger partial charge in [0.05, 0.1) is 12.6 Å². The molecular weight excluding hydrogens is 314 g/mol. The normalized spacial score (nSPS) is 11.8. The minimum Gasteiger partial charge on any atom is -0.497 e. The molecule has 1 heterocycles. The standard InChI is InChI=1S/C17H14BrNO/c1-20-15-7-8-17-14(11-15)9-10-19(17)12-16(18)13-5-3-2-4-6-13/h2-12H,1H3/b16-12-. The average molecular weight is 328 g/mol.